The Labute approximate surface area is 190 Å². The highest BCUT2D eigenvalue weighted by molar-refractivity contribution is 8.18. The van der Waals surface area contributed by atoms with Gasteiger partial charge in [0.25, 0.3) is 5.91 Å². The van der Waals surface area contributed by atoms with Gasteiger partial charge in [0.1, 0.15) is 0 Å². The lowest BCUT2D eigenvalue weighted by Crippen LogP contribution is -2.30. The second kappa shape index (κ2) is 9.24. The quantitative estimate of drug-likeness (QED) is 0.387. The Balaban J connectivity index is 1.40. The molecule has 0 spiro atoms. The first-order chi connectivity index (χ1) is 15.8. The standard InChI is InChI=1S/C26H22N4OS/c31-25-24(17-20-13-14-22-23(16-20)28-18-27-22)32-26(29-21-11-5-2-6-12-21)30(25)15-7-10-19-8-3-1-4-9-19/h1-6,8-9,11-14,16-18H,7,10,15H2,(H,27,28). The zero-order chi connectivity index (χ0) is 21.8. The van der Waals surface area contributed by atoms with E-state index in [2.05, 4.69) is 22.1 Å². The number of fused-ring (bicyclic) bond motifs is 1. The second-order valence-electron chi connectivity index (χ2n) is 7.57. The maximum Gasteiger partial charge on any atom is 0.266 e. The third kappa shape index (κ3) is 4.50. The zero-order valence-electron chi connectivity index (χ0n) is 17.4. The number of aryl methyl sites for hydroxylation is 1. The Kier molecular flexibility index (Phi) is 5.85. The molecule has 0 unspecified atom stereocenters. The molecule has 6 heteroatoms. The maximum absolute atomic E-state index is 13.3. The van der Waals surface area contributed by atoms with Crippen molar-refractivity contribution in [2.75, 3.05) is 6.54 Å². The molecule has 0 saturated carbocycles. The van der Waals surface area contributed by atoms with Crippen LogP contribution in [0.4, 0.5) is 5.69 Å². The fourth-order valence-corrected chi connectivity index (χ4v) is 4.70. The summed E-state index contributed by atoms with van der Waals surface area (Å²) in [5.41, 5.74) is 4.93. The number of nitrogens with one attached hydrogen (secondary N) is 1. The van der Waals surface area contributed by atoms with E-state index >= 15 is 0 Å². The predicted octanol–water partition coefficient (Wildman–Crippen LogP) is 5.80. The molecule has 0 radical (unpaired) electrons. The Morgan fingerprint density at radius 2 is 1.78 bits per heavy atom. The monoisotopic (exact) mass is 438 g/mol. The van der Waals surface area contributed by atoms with E-state index in [1.807, 2.05) is 72.8 Å². The number of benzene rings is 3. The average Bonchev–Trinajstić information content (AvgIpc) is 3.40. The lowest BCUT2D eigenvalue weighted by Gasteiger charge is -2.15. The molecule has 1 aromatic heterocycles. The Morgan fingerprint density at radius 3 is 2.59 bits per heavy atom. The van der Waals surface area contributed by atoms with Crippen molar-refractivity contribution in [2.45, 2.75) is 12.8 Å². The van der Waals surface area contributed by atoms with Crippen LogP contribution in [0.2, 0.25) is 0 Å². The first-order valence-electron chi connectivity index (χ1n) is 10.6. The summed E-state index contributed by atoms with van der Waals surface area (Å²) < 4.78 is 0. The van der Waals surface area contributed by atoms with Crippen LogP contribution in [0.1, 0.15) is 17.5 Å². The lowest BCUT2D eigenvalue weighted by molar-refractivity contribution is -0.122. The van der Waals surface area contributed by atoms with Gasteiger partial charge in [-0.3, -0.25) is 9.69 Å². The van der Waals surface area contributed by atoms with Crippen LogP contribution in [0.25, 0.3) is 17.1 Å². The number of thioether (sulfide) groups is 1. The van der Waals surface area contributed by atoms with Crippen molar-refractivity contribution in [3.63, 3.8) is 0 Å². The average molecular weight is 439 g/mol. The molecule has 32 heavy (non-hydrogen) atoms. The van der Waals surface area contributed by atoms with Crippen LogP contribution in [-0.2, 0) is 11.2 Å². The molecular weight excluding hydrogens is 416 g/mol. The van der Waals surface area contributed by atoms with Gasteiger partial charge in [-0.05, 0) is 66.1 Å². The minimum absolute atomic E-state index is 0.000123. The number of hydrogen-bond donors (Lipinski definition) is 1. The van der Waals surface area contributed by atoms with Gasteiger partial charge in [0.15, 0.2) is 5.17 Å². The first-order valence-corrected chi connectivity index (χ1v) is 11.4. The van der Waals surface area contributed by atoms with Crippen molar-refractivity contribution in [1.82, 2.24) is 14.9 Å². The number of amidine groups is 1. The van der Waals surface area contributed by atoms with E-state index < -0.39 is 0 Å². The summed E-state index contributed by atoms with van der Waals surface area (Å²) in [7, 11) is 0. The van der Waals surface area contributed by atoms with E-state index in [0.717, 1.165) is 40.3 Å². The molecule has 1 amide bonds. The number of para-hydroxylation sites is 1. The number of amides is 1. The second-order valence-corrected chi connectivity index (χ2v) is 8.57. The number of aliphatic imine (C=N–C) groups is 1. The summed E-state index contributed by atoms with van der Waals surface area (Å²) in [6.45, 7) is 0.627. The summed E-state index contributed by atoms with van der Waals surface area (Å²) in [6.07, 6.45) is 5.40. The minimum Gasteiger partial charge on any atom is -0.345 e. The molecule has 1 aliphatic rings. The number of aromatic nitrogens is 2. The van der Waals surface area contributed by atoms with Gasteiger partial charge in [0.2, 0.25) is 0 Å². The van der Waals surface area contributed by atoms with E-state index in [0.29, 0.717) is 11.4 Å². The third-order valence-electron chi connectivity index (χ3n) is 5.30. The molecule has 1 saturated heterocycles. The number of imidazole rings is 1. The smallest absolute Gasteiger partial charge is 0.266 e. The number of nitrogens with zero attached hydrogens (tertiary/aromatic N) is 3. The van der Waals surface area contributed by atoms with Gasteiger partial charge in [0, 0.05) is 6.54 Å². The highest BCUT2D eigenvalue weighted by Crippen LogP contribution is 2.34. The van der Waals surface area contributed by atoms with Crippen LogP contribution in [0.15, 0.2) is 95.1 Å². The lowest BCUT2D eigenvalue weighted by atomic mass is 10.1. The van der Waals surface area contributed by atoms with Crippen molar-refractivity contribution in [3.05, 3.63) is 101 Å². The summed E-state index contributed by atoms with van der Waals surface area (Å²) in [5, 5.41) is 0.723. The van der Waals surface area contributed by atoms with Crippen molar-refractivity contribution >= 4 is 45.6 Å². The molecule has 0 atom stereocenters. The fraction of sp³-hybridized carbons (Fsp3) is 0.115. The molecule has 3 aromatic carbocycles. The number of rotatable bonds is 6. The normalized spacial score (nSPS) is 16.5. The van der Waals surface area contributed by atoms with E-state index in [-0.39, 0.29) is 5.91 Å². The molecule has 1 fully saturated rings. The van der Waals surface area contributed by atoms with Gasteiger partial charge < -0.3 is 4.98 Å². The highest BCUT2D eigenvalue weighted by Gasteiger charge is 2.33. The van der Waals surface area contributed by atoms with Gasteiger partial charge in [-0.25, -0.2) is 9.98 Å². The van der Waals surface area contributed by atoms with Gasteiger partial charge in [-0.1, -0.05) is 54.6 Å². The maximum atomic E-state index is 13.3. The van der Waals surface area contributed by atoms with Crippen LogP contribution in [0, 0.1) is 0 Å². The van der Waals surface area contributed by atoms with Crippen molar-refractivity contribution in [3.8, 4) is 0 Å². The summed E-state index contributed by atoms with van der Waals surface area (Å²) in [6, 6.07) is 26.1. The van der Waals surface area contributed by atoms with Gasteiger partial charge in [-0.2, -0.15) is 0 Å². The molecule has 0 aliphatic carbocycles. The predicted molar refractivity (Wildman–Crippen MR) is 132 cm³/mol. The number of hydrogen-bond acceptors (Lipinski definition) is 4. The van der Waals surface area contributed by atoms with Crippen LogP contribution in [0.5, 0.6) is 0 Å². The Hall–Kier alpha value is -3.64. The van der Waals surface area contributed by atoms with Gasteiger partial charge >= 0.3 is 0 Å². The van der Waals surface area contributed by atoms with Crippen molar-refractivity contribution < 1.29 is 4.79 Å². The summed E-state index contributed by atoms with van der Waals surface area (Å²) >= 11 is 1.43. The van der Waals surface area contributed by atoms with E-state index in [4.69, 9.17) is 4.99 Å². The Bertz CT molecular complexity index is 1300. The number of carbonyl (C=O) groups excluding carboxylic acids is 1. The van der Waals surface area contributed by atoms with E-state index in [1.165, 1.54) is 17.3 Å². The molecule has 5 rings (SSSR count). The summed E-state index contributed by atoms with van der Waals surface area (Å²) in [4.78, 5) is 28.0. The van der Waals surface area contributed by atoms with Gasteiger partial charge in [-0.15, -0.1) is 0 Å². The first kappa shape index (κ1) is 20.3. The molecule has 158 valence electrons. The van der Waals surface area contributed by atoms with Crippen LogP contribution in [-0.4, -0.2) is 32.5 Å². The molecule has 1 N–H and O–H groups in total. The van der Waals surface area contributed by atoms with Crippen molar-refractivity contribution in [2.24, 2.45) is 4.99 Å². The largest absolute Gasteiger partial charge is 0.345 e. The SMILES string of the molecule is O=C1C(=Cc2ccc3[nH]cnc3c2)SC(=Nc2ccccc2)N1CCCc1ccccc1. The fourth-order valence-electron chi connectivity index (χ4n) is 3.68. The summed E-state index contributed by atoms with van der Waals surface area (Å²) in [5.74, 6) is -0.000123. The van der Waals surface area contributed by atoms with Crippen LogP contribution in [0.3, 0.4) is 0 Å². The molecular formula is C26H22N4OS. The number of carbonyl (C=O) groups is 1. The highest BCUT2D eigenvalue weighted by atomic mass is 32.2. The van der Waals surface area contributed by atoms with Crippen molar-refractivity contribution in [1.29, 1.82) is 0 Å². The number of H-pyrrole nitrogens is 1. The molecule has 0 bridgehead atoms. The van der Waals surface area contributed by atoms with E-state index in [1.54, 1.807) is 11.2 Å². The van der Waals surface area contributed by atoms with Gasteiger partial charge in [0.05, 0.1) is 28.0 Å². The topological polar surface area (TPSA) is 61.4 Å². The van der Waals surface area contributed by atoms with E-state index in [9.17, 15) is 4.79 Å². The third-order valence-corrected chi connectivity index (χ3v) is 6.31. The molecule has 5 nitrogen and oxygen atoms in total. The molecule has 4 aromatic rings. The Morgan fingerprint density at radius 1 is 1.00 bits per heavy atom. The number of aromatic amines is 1. The van der Waals surface area contributed by atoms with Crippen LogP contribution < -0.4 is 0 Å². The molecule has 2 heterocycles. The van der Waals surface area contributed by atoms with Crippen LogP contribution >= 0.6 is 11.8 Å². The zero-order valence-corrected chi connectivity index (χ0v) is 18.3. The minimum atomic E-state index is -0.000123. The molecule has 1 aliphatic heterocycles.